The summed E-state index contributed by atoms with van der Waals surface area (Å²) in [6.07, 6.45) is 11.2. The summed E-state index contributed by atoms with van der Waals surface area (Å²) in [5.41, 5.74) is 12.5. The highest BCUT2D eigenvalue weighted by Gasteiger charge is 2.28. The van der Waals surface area contributed by atoms with Crippen molar-refractivity contribution in [3.05, 3.63) is 70.9 Å². The zero-order valence-electron chi connectivity index (χ0n) is 22.1. The van der Waals surface area contributed by atoms with Gasteiger partial charge >= 0.3 is 0 Å². The molecule has 2 aliphatic rings. The van der Waals surface area contributed by atoms with E-state index < -0.39 is 0 Å². The van der Waals surface area contributed by atoms with E-state index in [0.29, 0.717) is 6.42 Å². The van der Waals surface area contributed by atoms with Crippen LogP contribution in [0.3, 0.4) is 0 Å². The van der Waals surface area contributed by atoms with Gasteiger partial charge in [-0.1, -0.05) is 67.3 Å². The zero-order chi connectivity index (χ0) is 25.1. The standard InChI is InChI=1S/C32H43N3O/c1-22-9-8-12-25(19-22)29(20-31(36)34-27-17-15-26(33)16-18-27)32-23(2)35(21-24-10-4-3-5-11-24)30-14-7-6-13-28(30)32/h6-9,12-14,19,24,26-27,29H,3-5,10-11,15-18,20-21,33H2,1-2H3,(H,34,36). The fourth-order valence-electron chi connectivity index (χ4n) is 6.77. The lowest BCUT2D eigenvalue weighted by molar-refractivity contribution is -0.122. The van der Waals surface area contributed by atoms with E-state index in [1.54, 1.807) is 0 Å². The lowest BCUT2D eigenvalue weighted by Crippen LogP contribution is -2.40. The van der Waals surface area contributed by atoms with Gasteiger partial charge in [0, 0.05) is 47.6 Å². The van der Waals surface area contributed by atoms with Gasteiger partial charge in [0.15, 0.2) is 0 Å². The van der Waals surface area contributed by atoms with Crippen molar-refractivity contribution in [3.8, 4) is 0 Å². The van der Waals surface area contributed by atoms with Crippen molar-refractivity contribution in [2.75, 3.05) is 0 Å². The van der Waals surface area contributed by atoms with Gasteiger partial charge in [-0.25, -0.2) is 0 Å². The number of rotatable bonds is 7. The summed E-state index contributed by atoms with van der Waals surface area (Å²) in [4.78, 5) is 13.5. The van der Waals surface area contributed by atoms with E-state index in [1.807, 2.05) is 0 Å². The molecule has 1 heterocycles. The molecule has 2 aromatic carbocycles. The first-order valence-corrected chi connectivity index (χ1v) is 14.2. The molecule has 0 bridgehead atoms. The van der Waals surface area contributed by atoms with E-state index in [2.05, 4.69) is 72.3 Å². The van der Waals surface area contributed by atoms with Gasteiger partial charge in [-0.2, -0.15) is 0 Å². The third-order valence-corrected chi connectivity index (χ3v) is 8.76. The summed E-state index contributed by atoms with van der Waals surface area (Å²) in [6.45, 7) is 5.51. The molecule has 0 radical (unpaired) electrons. The van der Waals surface area contributed by atoms with E-state index in [1.165, 1.54) is 65.4 Å². The third-order valence-electron chi connectivity index (χ3n) is 8.76. The fraction of sp³-hybridized carbons (Fsp3) is 0.531. The first kappa shape index (κ1) is 25.1. The molecule has 1 amide bonds. The minimum atomic E-state index is 0.0354. The van der Waals surface area contributed by atoms with Crippen LogP contribution in [0.4, 0.5) is 0 Å². The maximum Gasteiger partial charge on any atom is 0.221 e. The number of hydrogen-bond acceptors (Lipinski definition) is 2. The van der Waals surface area contributed by atoms with E-state index in [4.69, 9.17) is 5.73 Å². The molecule has 0 aliphatic heterocycles. The van der Waals surface area contributed by atoms with Crippen LogP contribution in [0.25, 0.3) is 10.9 Å². The molecule has 5 rings (SSSR count). The monoisotopic (exact) mass is 485 g/mol. The molecule has 4 nitrogen and oxygen atoms in total. The average Bonchev–Trinajstić information content (AvgIpc) is 3.15. The molecule has 192 valence electrons. The normalized spacial score (nSPS) is 22.0. The first-order valence-electron chi connectivity index (χ1n) is 14.2. The Labute approximate surface area is 216 Å². The maximum absolute atomic E-state index is 13.5. The molecule has 2 fully saturated rings. The van der Waals surface area contributed by atoms with Crippen molar-refractivity contribution >= 4 is 16.8 Å². The molecule has 1 aromatic heterocycles. The SMILES string of the molecule is Cc1cccc(C(CC(=O)NC2CCC(N)CC2)c2c(C)n(CC3CCCCC3)c3ccccc23)c1. The topological polar surface area (TPSA) is 60.1 Å². The fourth-order valence-corrected chi connectivity index (χ4v) is 6.77. The molecule has 36 heavy (non-hydrogen) atoms. The number of aryl methyl sites for hydroxylation is 1. The Balaban J connectivity index is 1.50. The van der Waals surface area contributed by atoms with Crippen molar-refractivity contribution < 1.29 is 4.79 Å². The van der Waals surface area contributed by atoms with Crippen molar-refractivity contribution in [2.45, 2.75) is 103 Å². The second kappa shape index (κ2) is 11.2. The predicted octanol–water partition coefficient (Wildman–Crippen LogP) is 6.75. The zero-order valence-corrected chi connectivity index (χ0v) is 22.1. The quantitative estimate of drug-likeness (QED) is 0.389. The molecule has 0 saturated heterocycles. The smallest absolute Gasteiger partial charge is 0.221 e. The number of carbonyl (C=O) groups is 1. The van der Waals surface area contributed by atoms with E-state index in [9.17, 15) is 4.79 Å². The summed E-state index contributed by atoms with van der Waals surface area (Å²) < 4.78 is 2.56. The minimum Gasteiger partial charge on any atom is -0.353 e. The Kier molecular flexibility index (Phi) is 7.81. The molecule has 3 N–H and O–H groups in total. The number of amides is 1. The lowest BCUT2D eigenvalue weighted by atomic mass is 9.85. The second-order valence-corrected chi connectivity index (χ2v) is 11.5. The summed E-state index contributed by atoms with van der Waals surface area (Å²) in [5.74, 6) is 0.943. The third kappa shape index (κ3) is 5.54. The van der Waals surface area contributed by atoms with Crippen LogP contribution in [-0.2, 0) is 11.3 Å². The van der Waals surface area contributed by atoms with E-state index >= 15 is 0 Å². The molecule has 3 aromatic rings. The number of fused-ring (bicyclic) bond motifs is 1. The van der Waals surface area contributed by atoms with Crippen LogP contribution < -0.4 is 11.1 Å². The number of nitrogens with two attached hydrogens (primary N) is 1. The van der Waals surface area contributed by atoms with Gasteiger partial charge in [-0.15, -0.1) is 0 Å². The Hall–Kier alpha value is -2.59. The highest BCUT2D eigenvalue weighted by Crippen LogP contribution is 2.39. The first-order chi connectivity index (χ1) is 17.5. The van der Waals surface area contributed by atoms with Crippen molar-refractivity contribution in [2.24, 2.45) is 11.7 Å². The van der Waals surface area contributed by atoms with Crippen LogP contribution in [0.15, 0.2) is 48.5 Å². The Morgan fingerprint density at radius 3 is 2.47 bits per heavy atom. The Morgan fingerprint density at radius 1 is 0.972 bits per heavy atom. The van der Waals surface area contributed by atoms with E-state index in [-0.39, 0.29) is 23.9 Å². The number of nitrogens with zero attached hydrogens (tertiary/aromatic N) is 1. The highest BCUT2D eigenvalue weighted by atomic mass is 16.1. The van der Waals surface area contributed by atoms with Crippen LogP contribution in [0, 0.1) is 19.8 Å². The number of hydrogen-bond donors (Lipinski definition) is 2. The number of carbonyl (C=O) groups excluding carboxylic acids is 1. The number of benzene rings is 2. The molecule has 0 spiro atoms. The van der Waals surface area contributed by atoms with Crippen LogP contribution in [-0.4, -0.2) is 22.6 Å². The minimum absolute atomic E-state index is 0.0354. The predicted molar refractivity (Wildman–Crippen MR) is 149 cm³/mol. The van der Waals surface area contributed by atoms with Gasteiger partial charge < -0.3 is 15.6 Å². The second-order valence-electron chi connectivity index (χ2n) is 11.5. The van der Waals surface area contributed by atoms with Gasteiger partial charge in [0.1, 0.15) is 0 Å². The molecule has 2 saturated carbocycles. The van der Waals surface area contributed by atoms with Gasteiger partial charge in [0.05, 0.1) is 0 Å². The van der Waals surface area contributed by atoms with E-state index in [0.717, 1.165) is 38.1 Å². The Bertz CT molecular complexity index is 1180. The molecular weight excluding hydrogens is 442 g/mol. The Morgan fingerprint density at radius 2 is 1.72 bits per heavy atom. The summed E-state index contributed by atoms with van der Waals surface area (Å²) in [5, 5.41) is 4.66. The average molecular weight is 486 g/mol. The van der Waals surface area contributed by atoms with Crippen molar-refractivity contribution in [1.29, 1.82) is 0 Å². The van der Waals surface area contributed by atoms with Crippen LogP contribution in [0.2, 0.25) is 0 Å². The molecule has 4 heteroatoms. The maximum atomic E-state index is 13.5. The van der Waals surface area contributed by atoms with Crippen molar-refractivity contribution in [1.82, 2.24) is 9.88 Å². The van der Waals surface area contributed by atoms with Crippen LogP contribution in [0.1, 0.15) is 92.5 Å². The number of nitrogens with one attached hydrogen (secondary N) is 1. The van der Waals surface area contributed by atoms with Gasteiger partial charge in [-0.3, -0.25) is 4.79 Å². The lowest BCUT2D eigenvalue weighted by Gasteiger charge is -2.28. The largest absolute Gasteiger partial charge is 0.353 e. The van der Waals surface area contributed by atoms with Gasteiger partial charge in [-0.05, 0) is 75.5 Å². The number of aromatic nitrogens is 1. The molecule has 2 aliphatic carbocycles. The summed E-state index contributed by atoms with van der Waals surface area (Å²) in [6, 6.07) is 18.1. The molecule has 1 atom stereocenters. The van der Waals surface area contributed by atoms with Gasteiger partial charge in [0.2, 0.25) is 5.91 Å². The molecule has 1 unspecified atom stereocenters. The van der Waals surface area contributed by atoms with Gasteiger partial charge in [0.25, 0.3) is 0 Å². The van der Waals surface area contributed by atoms with Crippen LogP contribution >= 0.6 is 0 Å². The summed E-state index contributed by atoms with van der Waals surface area (Å²) >= 11 is 0. The number of para-hydroxylation sites is 1. The summed E-state index contributed by atoms with van der Waals surface area (Å²) in [7, 11) is 0. The van der Waals surface area contributed by atoms with Crippen molar-refractivity contribution in [3.63, 3.8) is 0 Å². The van der Waals surface area contributed by atoms with Crippen LogP contribution in [0.5, 0.6) is 0 Å². The molecular formula is C32H43N3O. The highest BCUT2D eigenvalue weighted by molar-refractivity contribution is 5.88.